The standard InChI is InChI=1S/C27H18N2.C27H20N2.C25H15N.C23H15N.C17H16N2.C17H11NS/c1-4-10-24-19(7-1)15-18-25(28-24)20-13-16-21(17-14-20)29-26-11-5-2-8-22(26)23-9-3-6-12-27(23)29;1-3-10-23(11-4-1)29(24-12-5-2-6-13-24)25-18-15-22(16-19-25)27-20-17-21-9-7-8-14-26(21)28-27;1-2-7-22-16(4-1)12-13-23(26-22)21-14-19-10-8-17-5-3-6-18-9-11-20(15-21)25(19)24(17)18;1-3-9-18-17(8-1)15-21(20-11-5-4-10-19(18)20)23-14-13-16-7-2-6-12-22(16)24-23;1-19(2)15-10-7-14(8-11-15)17-12-9-13-5-3-4-6-16(13)18-17;1-3-7-14-12(5-1)9-10-15(18-14)17-11-13-6-2-4-8-16(13)19-17/h1-18H;1-20H;1-15H;1-15H;3-12H,1-2H3;1-11H. The van der Waals surface area contributed by atoms with Crippen LogP contribution in [-0.2, 0) is 0 Å². The van der Waals surface area contributed by atoms with Gasteiger partial charge in [-0.3, -0.25) is 0 Å². The molecule has 0 amide bonds. The van der Waals surface area contributed by atoms with Crippen molar-refractivity contribution in [3.05, 3.63) is 540 Å². The van der Waals surface area contributed by atoms with Crippen molar-refractivity contribution in [3.8, 4) is 72.5 Å². The Bertz CT molecular complexity index is 9620. The number of nitrogens with zero attached hydrogens (tertiary/aromatic N) is 9. The van der Waals surface area contributed by atoms with Gasteiger partial charge in [-0.25, -0.2) is 29.9 Å². The molecule has 0 spiro atoms. The van der Waals surface area contributed by atoms with Gasteiger partial charge in [-0.15, -0.1) is 11.3 Å². The Morgan fingerprint density at radius 3 is 0.945 bits per heavy atom. The predicted molar refractivity (Wildman–Crippen MR) is 621 cm³/mol. The normalized spacial score (nSPS) is 11.2. The van der Waals surface area contributed by atoms with Gasteiger partial charge in [0.1, 0.15) is 0 Å². The highest BCUT2D eigenvalue weighted by Crippen LogP contribution is 2.43. The summed E-state index contributed by atoms with van der Waals surface area (Å²) in [6.07, 6.45) is 0. The summed E-state index contributed by atoms with van der Waals surface area (Å²) in [7, 11) is 4.09. The van der Waals surface area contributed by atoms with E-state index >= 15 is 0 Å². The molecule has 0 aliphatic rings. The quantitative estimate of drug-likeness (QED) is 0.118. The van der Waals surface area contributed by atoms with Crippen molar-refractivity contribution in [2.75, 3.05) is 23.9 Å². The molecule has 0 bridgehead atoms. The molecule has 0 saturated carbocycles. The van der Waals surface area contributed by atoms with E-state index < -0.39 is 0 Å². The van der Waals surface area contributed by atoms with Crippen molar-refractivity contribution >= 4 is 185 Å². The molecule has 8 aromatic heterocycles. The highest BCUT2D eigenvalue weighted by molar-refractivity contribution is 7.22. The third-order valence-corrected chi connectivity index (χ3v) is 28.3. The molecule has 10 heteroatoms. The van der Waals surface area contributed by atoms with Crippen LogP contribution < -0.4 is 9.80 Å². The Kier molecular flexibility index (Phi) is 24.7. The predicted octanol–water partition coefficient (Wildman–Crippen LogP) is 36.5. The molecule has 690 valence electrons. The van der Waals surface area contributed by atoms with Crippen molar-refractivity contribution in [2.24, 2.45) is 0 Å². The van der Waals surface area contributed by atoms with Gasteiger partial charge in [-0.2, -0.15) is 0 Å². The van der Waals surface area contributed by atoms with Crippen molar-refractivity contribution < 1.29 is 0 Å². The van der Waals surface area contributed by atoms with E-state index in [4.69, 9.17) is 29.9 Å². The molecule has 0 aliphatic heterocycles. The number of hydrogen-bond donors (Lipinski definition) is 0. The smallest absolute Gasteiger partial charge is 0.0809 e. The molecule has 0 unspecified atom stereocenters. The van der Waals surface area contributed by atoms with Crippen LogP contribution in [-0.4, -0.2) is 48.6 Å². The third-order valence-electron chi connectivity index (χ3n) is 27.2. The summed E-state index contributed by atoms with van der Waals surface area (Å²) in [6, 6.07) is 189. The molecule has 9 nitrogen and oxygen atoms in total. The summed E-state index contributed by atoms with van der Waals surface area (Å²) in [4.78, 5) is 34.5. The molecule has 8 heterocycles. The molecular formula is C136H95N9S. The first kappa shape index (κ1) is 89.6. The molecule has 0 fully saturated rings. The molecule has 0 atom stereocenters. The number of anilines is 4. The molecule has 0 aliphatic carbocycles. The Hall–Kier alpha value is -19.0. The summed E-state index contributed by atoms with van der Waals surface area (Å²) in [5, 5.41) is 23.8. The SMILES string of the molecule is CN(C)c1ccc(-c2ccc3ccccc3n2)cc1.c1ccc(N(c2ccccc2)c2ccc(-c3ccc4ccccc4n3)cc2)cc1.c1ccc2nc(-c3cc4ccc5cccc6ccc(c3)c4c56)ccc2c1.c1ccc2nc(-c3cc4ccccc4c4ccccc34)ccc2c1.c1ccc2nc(-c3cc4ccccc4s3)ccc2c1.c1ccc2nc(-c3ccc(-n4c5ccccc5c5ccccc54)cc3)ccc2c1. The van der Waals surface area contributed by atoms with Gasteiger partial charge in [-0.1, -0.05) is 364 Å². The zero-order valence-corrected chi connectivity index (χ0v) is 81.1. The summed E-state index contributed by atoms with van der Waals surface area (Å²) >= 11 is 1.80. The largest absolute Gasteiger partial charge is 0.378 e. The number of aromatic nitrogens is 7. The van der Waals surface area contributed by atoms with Gasteiger partial charge in [0.25, 0.3) is 0 Å². The highest BCUT2D eigenvalue weighted by atomic mass is 32.1. The lowest BCUT2D eigenvalue weighted by molar-refractivity contribution is 1.13. The van der Waals surface area contributed by atoms with E-state index in [9.17, 15) is 0 Å². The molecular weight excluding hydrogens is 1790 g/mol. The molecule has 0 saturated heterocycles. The zero-order valence-electron chi connectivity index (χ0n) is 80.3. The summed E-state index contributed by atoms with van der Waals surface area (Å²) in [6.45, 7) is 0. The van der Waals surface area contributed by atoms with Gasteiger partial charge < -0.3 is 14.4 Å². The van der Waals surface area contributed by atoms with Crippen molar-refractivity contribution in [1.29, 1.82) is 0 Å². The Morgan fingerprint density at radius 1 is 0.192 bits per heavy atom. The van der Waals surface area contributed by atoms with E-state index in [2.05, 4.69) is 475 Å². The van der Waals surface area contributed by atoms with Gasteiger partial charge in [-0.05, 0) is 235 Å². The Balaban J connectivity index is 0.0000000946. The number of benzene rings is 21. The third kappa shape index (κ3) is 18.5. The minimum atomic E-state index is 0.987. The maximum atomic E-state index is 4.90. The van der Waals surface area contributed by atoms with Crippen LogP contribution in [0.25, 0.3) is 224 Å². The summed E-state index contributed by atoms with van der Waals surface area (Å²) in [5.41, 5.74) is 26.3. The van der Waals surface area contributed by atoms with Crippen LogP contribution in [0.1, 0.15) is 0 Å². The lowest BCUT2D eigenvalue weighted by Crippen LogP contribution is -2.09. The molecule has 21 aromatic carbocycles. The van der Waals surface area contributed by atoms with Crippen LogP contribution >= 0.6 is 11.3 Å². The lowest BCUT2D eigenvalue weighted by Gasteiger charge is -2.25. The fourth-order valence-electron chi connectivity index (χ4n) is 19.9. The monoisotopic (exact) mass is 1890 g/mol. The number of para-hydroxylation sites is 10. The second kappa shape index (κ2) is 40.3. The van der Waals surface area contributed by atoms with Gasteiger partial charge >= 0.3 is 0 Å². The van der Waals surface area contributed by atoms with Crippen molar-refractivity contribution in [3.63, 3.8) is 0 Å². The molecule has 29 aromatic rings. The minimum Gasteiger partial charge on any atom is -0.378 e. The zero-order chi connectivity index (χ0) is 97.6. The summed E-state index contributed by atoms with van der Waals surface area (Å²) < 4.78 is 3.65. The van der Waals surface area contributed by atoms with Crippen molar-refractivity contribution in [2.45, 2.75) is 0 Å². The molecule has 146 heavy (non-hydrogen) atoms. The maximum absolute atomic E-state index is 4.90. The highest BCUT2D eigenvalue weighted by Gasteiger charge is 2.19. The first-order chi connectivity index (χ1) is 72.2. The molecule has 0 N–H and O–H groups in total. The topological polar surface area (TPSA) is 88.8 Å². The number of fused-ring (bicyclic) bond motifs is 13. The van der Waals surface area contributed by atoms with E-state index in [0.717, 1.165) is 117 Å². The Labute approximate surface area is 849 Å². The van der Waals surface area contributed by atoms with E-state index in [1.165, 1.54) is 129 Å². The van der Waals surface area contributed by atoms with Crippen LogP contribution in [0.15, 0.2) is 540 Å². The van der Waals surface area contributed by atoms with E-state index in [1.807, 2.05) is 93.0 Å². The maximum Gasteiger partial charge on any atom is 0.0809 e. The first-order valence-corrected chi connectivity index (χ1v) is 50.1. The van der Waals surface area contributed by atoms with Crippen LogP contribution in [0.5, 0.6) is 0 Å². The lowest BCUT2D eigenvalue weighted by atomic mass is 9.92. The van der Waals surface area contributed by atoms with Gasteiger partial charge in [0, 0.05) is 118 Å². The van der Waals surface area contributed by atoms with E-state index in [1.54, 1.807) is 11.3 Å². The van der Waals surface area contributed by atoms with Crippen LogP contribution in [0, 0.1) is 0 Å². The fraction of sp³-hybridized carbons (Fsp3) is 0.0147. The van der Waals surface area contributed by atoms with Gasteiger partial charge in [0.05, 0.1) is 83.2 Å². The molecule has 29 rings (SSSR count). The average molecular weight is 1890 g/mol. The van der Waals surface area contributed by atoms with Crippen LogP contribution in [0.3, 0.4) is 0 Å². The minimum absolute atomic E-state index is 0.987. The Morgan fingerprint density at radius 2 is 0.500 bits per heavy atom. The van der Waals surface area contributed by atoms with Gasteiger partial charge in [0.2, 0.25) is 0 Å². The first-order valence-electron chi connectivity index (χ1n) is 49.3. The fourth-order valence-corrected chi connectivity index (χ4v) is 20.9. The second-order valence-corrected chi connectivity index (χ2v) is 37.7. The van der Waals surface area contributed by atoms with E-state index in [-0.39, 0.29) is 0 Å². The van der Waals surface area contributed by atoms with Crippen LogP contribution in [0.2, 0.25) is 0 Å². The number of thiophene rings is 1. The average Bonchev–Trinajstić information content (AvgIpc) is 1.24. The molecule has 0 radical (unpaired) electrons. The van der Waals surface area contributed by atoms with Gasteiger partial charge in [0.15, 0.2) is 0 Å². The van der Waals surface area contributed by atoms with Crippen molar-refractivity contribution in [1.82, 2.24) is 34.5 Å². The van der Waals surface area contributed by atoms with Crippen LogP contribution in [0.4, 0.5) is 22.7 Å². The number of pyridine rings is 6. The number of hydrogen-bond acceptors (Lipinski definition) is 9. The second-order valence-electron chi connectivity index (χ2n) is 36.6. The number of rotatable bonds is 11. The van der Waals surface area contributed by atoms with E-state index in [0.29, 0.717) is 0 Å². The summed E-state index contributed by atoms with van der Waals surface area (Å²) in [5.74, 6) is 0.